The number of hydrogen-bond donors (Lipinski definition) is 4. The maximum Gasteiger partial charge on any atom is 0.342 e. The summed E-state index contributed by atoms with van der Waals surface area (Å²) in [5.41, 5.74) is -0.467. The highest BCUT2D eigenvalue weighted by Gasteiger charge is 2.39. The van der Waals surface area contributed by atoms with E-state index in [9.17, 15) is 14.4 Å². The highest BCUT2D eigenvalue weighted by Crippen LogP contribution is 2.41. The van der Waals surface area contributed by atoms with Crippen molar-refractivity contribution in [3.8, 4) is 0 Å². The Morgan fingerprint density at radius 1 is 1.50 bits per heavy atom. The molecule has 0 amide bonds. The Morgan fingerprint density at radius 2 is 2.18 bits per heavy atom. The first-order chi connectivity index (χ1) is 10.3. The van der Waals surface area contributed by atoms with Crippen molar-refractivity contribution < 1.29 is 24.4 Å². The molecule has 22 heavy (non-hydrogen) atoms. The van der Waals surface area contributed by atoms with Crippen molar-refractivity contribution in [2.24, 2.45) is 11.8 Å². The molecule has 3 unspecified atom stereocenters. The number of carboxylic acid groups (broad SMARTS) is 1. The van der Waals surface area contributed by atoms with E-state index in [0.717, 1.165) is 6.42 Å². The highest BCUT2D eigenvalue weighted by atomic mass is 31.2. The summed E-state index contributed by atoms with van der Waals surface area (Å²) in [6.07, 6.45) is 2.23. The van der Waals surface area contributed by atoms with Crippen LogP contribution in [-0.2, 0) is 16.1 Å². The summed E-state index contributed by atoms with van der Waals surface area (Å²) in [5, 5.41) is 8.76. The molecule has 1 fully saturated rings. The normalized spacial score (nSPS) is 21.8. The van der Waals surface area contributed by atoms with E-state index in [-0.39, 0.29) is 18.4 Å². The molecule has 0 aromatic carbocycles. The van der Waals surface area contributed by atoms with Crippen LogP contribution in [0.3, 0.4) is 0 Å². The third-order valence-corrected chi connectivity index (χ3v) is 4.37. The predicted octanol–water partition coefficient (Wildman–Crippen LogP) is -0.795. The number of carboxylic acids is 1. The molecule has 122 valence electrons. The Hall–Kier alpha value is -1.54. The summed E-state index contributed by atoms with van der Waals surface area (Å²) in [6, 6.07) is 0. The van der Waals surface area contributed by atoms with Gasteiger partial charge >= 0.3 is 11.7 Å². The van der Waals surface area contributed by atoms with Gasteiger partial charge in [-0.1, -0.05) is 0 Å². The lowest BCUT2D eigenvalue weighted by atomic mass is 10.3. The molecule has 0 bridgehead atoms. The fraction of sp³-hybridized carbons (Fsp3) is 0.583. The topological polar surface area (TPSA) is 142 Å². The second-order valence-corrected chi connectivity index (χ2v) is 6.43. The third kappa shape index (κ3) is 4.01. The van der Waals surface area contributed by atoms with E-state index >= 15 is 0 Å². The molecule has 1 heterocycles. The van der Waals surface area contributed by atoms with Gasteiger partial charge in [-0.05, 0) is 25.2 Å². The minimum absolute atomic E-state index is 0.0518. The molecule has 4 N–H and O–H groups in total. The minimum Gasteiger partial charge on any atom is -0.479 e. The number of aliphatic carboxylic acids is 1. The molecule has 0 aliphatic heterocycles. The van der Waals surface area contributed by atoms with E-state index in [0.29, 0.717) is 12.1 Å². The van der Waals surface area contributed by atoms with E-state index in [1.165, 1.54) is 10.8 Å². The van der Waals surface area contributed by atoms with Gasteiger partial charge in [-0.3, -0.25) is 9.78 Å². The lowest BCUT2D eigenvalue weighted by Gasteiger charge is -2.14. The van der Waals surface area contributed by atoms with Crippen molar-refractivity contribution >= 4 is 14.3 Å². The predicted molar refractivity (Wildman–Crippen MR) is 76.4 cm³/mol. The number of H-pyrrole nitrogens is 1. The molecule has 0 radical (unpaired) electrons. The first-order valence-electron chi connectivity index (χ1n) is 6.61. The van der Waals surface area contributed by atoms with Crippen LogP contribution < -0.4 is 11.2 Å². The number of nitrogens with zero attached hydrogens (tertiary/aromatic N) is 1. The number of aromatic nitrogens is 2. The van der Waals surface area contributed by atoms with Crippen LogP contribution in [0.5, 0.6) is 0 Å². The number of nitrogens with one attached hydrogen (secondary N) is 1. The molecule has 1 aromatic rings. The third-order valence-electron chi connectivity index (χ3n) is 3.58. The van der Waals surface area contributed by atoms with Gasteiger partial charge in [0.2, 0.25) is 14.2 Å². The fourth-order valence-corrected chi connectivity index (χ4v) is 2.61. The average molecular weight is 332 g/mol. The van der Waals surface area contributed by atoms with Crippen LogP contribution in [0.1, 0.15) is 12.0 Å². The lowest BCUT2D eigenvalue weighted by Crippen LogP contribution is -2.31. The maximum atomic E-state index is 11.6. The molecule has 0 saturated heterocycles. The van der Waals surface area contributed by atoms with Gasteiger partial charge in [0.25, 0.3) is 5.56 Å². The first-order valence-corrected chi connectivity index (χ1v) is 7.93. The second-order valence-electron chi connectivity index (χ2n) is 5.32. The van der Waals surface area contributed by atoms with Crippen LogP contribution >= 0.6 is 8.38 Å². The van der Waals surface area contributed by atoms with Crippen LogP contribution in [0.4, 0.5) is 0 Å². The molecule has 2 rings (SSSR count). The van der Waals surface area contributed by atoms with Gasteiger partial charge in [-0.25, -0.2) is 9.59 Å². The van der Waals surface area contributed by atoms with Gasteiger partial charge in [0.05, 0.1) is 6.61 Å². The molecule has 1 aliphatic carbocycles. The summed E-state index contributed by atoms with van der Waals surface area (Å²) in [5.74, 6) is -2.85. The van der Waals surface area contributed by atoms with Gasteiger partial charge in [0, 0.05) is 18.3 Å². The van der Waals surface area contributed by atoms with Crippen LogP contribution in [-0.4, -0.2) is 42.9 Å². The van der Waals surface area contributed by atoms with Gasteiger partial charge in [0.15, 0.2) is 0 Å². The van der Waals surface area contributed by atoms with E-state index in [4.69, 9.17) is 19.6 Å². The van der Waals surface area contributed by atoms with Gasteiger partial charge in [0.1, 0.15) is 0 Å². The van der Waals surface area contributed by atoms with Crippen molar-refractivity contribution in [2.45, 2.75) is 25.7 Å². The van der Waals surface area contributed by atoms with E-state index < -0.39 is 31.4 Å². The van der Waals surface area contributed by atoms with E-state index in [1.807, 2.05) is 0 Å². The number of aromatic amines is 1. The molecule has 1 saturated carbocycles. The zero-order chi connectivity index (χ0) is 16.4. The van der Waals surface area contributed by atoms with Crippen LogP contribution in [0, 0.1) is 18.8 Å². The van der Waals surface area contributed by atoms with Gasteiger partial charge in [-0.15, -0.1) is 0 Å². The SMILES string of the molecule is Cc1cn(CC2CC2COC(C(=O)O)P(O)O)c(=O)[nH]c1=O. The van der Waals surface area contributed by atoms with E-state index in [1.54, 1.807) is 6.92 Å². The molecule has 1 aliphatic rings. The number of ether oxygens (including phenoxy) is 1. The molecular weight excluding hydrogens is 315 g/mol. The Labute approximate surface area is 126 Å². The summed E-state index contributed by atoms with van der Waals surface area (Å²) < 4.78 is 6.42. The molecule has 9 nitrogen and oxygen atoms in total. The second kappa shape index (κ2) is 6.70. The average Bonchev–Trinajstić information content (AvgIpc) is 3.13. The van der Waals surface area contributed by atoms with Crippen LogP contribution in [0.15, 0.2) is 15.8 Å². The summed E-state index contributed by atoms with van der Waals surface area (Å²) in [6.45, 7) is 2.08. The van der Waals surface area contributed by atoms with E-state index in [2.05, 4.69) is 4.98 Å². The zero-order valence-corrected chi connectivity index (χ0v) is 12.7. The standard InChI is InChI=1S/C12H17N2O7P/c1-6-3-14(12(18)13-9(6)15)4-7-2-8(7)5-21-11(10(16)17)22(19)20/h3,7-8,11,19-20H,2,4-5H2,1H3,(H,16,17)(H,13,15,18). The number of hydrogen-bond acceptors (Lipinski definition) is 6. The molecule has 10 heteroatoms. The smallest absolute Gasteiger partial charge is 0.342 e. The Morgan fingerprint density at radius 3 is 2.77 bits per heavy atom. The Kier molecular flexibility index (Phi) is 5.12. The lowest BCUT2D eigenvalue weighted by molar-refractivity contribution is -0.145. The highest BCUT2D eigenvalue weighted by molar-refractivity contribution is 7.46. The Bertz CT molecular complexity index is 668. The molecular formula is C12H17N2O7P. The maximum absolute atomic E-state index is 11.6. The van der Waals surface area contributed by atoms with Crippen molar-refractivity contribution in [3.63, 3.8) is 0 Å². The first kappa shape index (κ1) is 16.8. The summed E-state index contributed by atoms with van der Waals surface area (Å²) in [7, 11) is -2.70. The van der Waals surface area contributed by atoms with Crippen molar-refractivity contribution in [1.29, 1.82) is 0 Å². The molecule has 1 aromatic heterocycles. The van der Waals surface area contributed by atoms with Crippen LogP contribution in [0.25, 0.3) is 0 Å². The fourth-order valence-electron chi connectivity index (χ4n) is 2.20. The van der Waals surface area contributed by atoms with Gasteiger partial charge in [-0.2, -0.15) is 0 Å². The van der Waals surface area contributed by atoms with Crippen molar-refractivity contribution in [2.75, 3.05) is 6.61 Å². The summed E-state index contributed by atoms with van der Waals surface area (Å²) >= 11 is 0. The van der Waals surface area contributed by atoms with Crippen molar-refractivity contribution in [1.82, 2.24) is 9.55 Å². The molecule has 0 spiro atoms. The van der Waals surface area contributed by atoms with Gasteiger partial charge < -0.3 is 24.2 Å². The zero-order valence-electron chi connectivity index (χ0n) is 11.8. The number of rotatable bonds is 7. The Balaban J connectivity index is 1.89. The van der Waals surface area contributed by atoms with Crippen LogP contribution in [0.2, 0.25) is 0 Å². The quantitative estimate of drug-likeness (QED) is 0.479. The minimum atomic E-state index is -2.70. The van der Waals surface area contributed by atoms with Crippen molar-refractivity contribution in [3.05, 3.63) is 32.6 Å². The number of aryl methyl sites for hydroxylation is 1. The molecule has 3 atom stereocenters. The summed E-state index contributed by atoms with van der Waals surface area (Å²) in [4.78, 5) is 53.8. The number of carbonyl (C=O) groups is 1. The monoisotopic (exact) mass is 332 g/mol. The largest absolute Gasteiger partial charge is 0.479 e.